The van der Waals surface area contributed by atoms with Crippen LogP contribution in [0, 0.1) is 0 Å². The van der Waals surface area contributed by atoms with E-state index in [0.717, 1.165) is 0 Å². The molecule has 0 nitrogen and oxygen atoms in total. The minimum absolute atomic E-state index is 1.23. The number of hydrogen-bond donors (Lipinski definition) is 0. The quantitative estimate of drug-likeness (QED) is 0.164. The van der Waals surface area contributed by atoms with E-state index in [1.807, 2.05) is 22.7 Å². The van der Waals surface area contributed by atoms with E-state index < -0.39 is 0 Å². The van der Waals surface area contributed by atoms with Crippen molar-refractivity contribution in [2.45, 2.75) is 0 Å². The average molecular weight is 669 g/mol. The van der Waals surface area contributed by atoms with Gasteiger partial charge in [-0.1, -0.05) is 133 Å². The molecule has 2 heterocycles. The fourth-order valence-corrected chi connectivity index (χ4v) is 10.4. The molecule has 9 aromatic carbocycles. The second-order valence-electron chi connectivity index (χ2n) is 13.2. The molecule has 2 heteroatoms. The van der Waals surface area contributed by atoms with E-state index in [1.165, 1.54) is 106 Å². The predicted molar refractivity (Wildman–Crippen MR) is 221 cm³/mol. The summed E-state index contributed by atoms with van der Waals surface area (Å²) >= 11 is 3.79. The second kappa shape index (κ2) is 10.9. The van der Waals surface area contributed by atoms with E-state index in [2.05, 4.69) is 170 Å². The molecule has 0 aliphatic rings. The van der Waals surface area contributed by atoms with Crippen LogP contribution in [0.5, 0.6) is 0 Å². The van der Waals surface area contributed by atoms with Gasteiger partial charge in [-0.2, -0.15) is 0 Å². The molecular weight excluding hydrogens is 641 g/mol. The van der Waals surface area contributed by atoms with Gasteiger partial charge in [-0.3, -0.25) is 0 Å². The Morgan fingerprint density at radius 2 is 0.760 bits per heavy atom. The van der Waals surface area contributed by atoms with E-state index in [4.69, 9.17) is 0 Å². The third kappa shape index (κ3) is 4.16. The van der Waals surface area contributed by atoms with Crippen LogP contribution in [0.1, 0.15) is 0 Å². The Kier molecular flexibility index (Phi) is 6.09. The van der Waals surface area contributed by atoms with Crippen molar-refractivity contribution >= 4 is 95.3 Å². The van der Waals surface area contributed by atoms with E-state index in [0.29, 0.717) is 0 Å². The topological polar surface area (TPSA) is 0 Å². The van der Waals surface area contributed by atoms with Gasteiger partial charge in [-0.15, -0.1) is 22.7 Å². The minimum Gasteiger partial charge on any atom is -0.135 e. The second-order valence-corrected chi connectivity index (χ2v) is 15.4. The summed E-state index contributed by atoms with van der Waals surface area (Å²) in [6.07, 6.45) is 0. The maximum Gasteiger partial charge on any atom is 0.0362 e. The molecule has 0 unspecified atom stereocenters. The number of rotatable bonds is 3. The van der Waals surface area contributed by atoms with Crippen LogP contribution in [0.3, 0.4) is 0 Å². The lowest BCUT2D eigenvalue weighted by molar-refractivity contribution is 1.63. The third-order valence-electron chi connectivity index (χ3n) is 10.4. The molecule has 0 radical (unpaired) electrons. The highest BCUT2D eigenvalue weighted by atomic mass is 32.1. The van der Waals surface area contributed by atoms with Gasteiger partial charge in [0.2, 0.25) is 0 Å². The molecule has 0 bridgehead atoms. The summed E-state index contributed by atoms with van der Waals surface area (Å²) in [6, 6.07) is 63.2. The van der Waals surface area contributed by atoms with Crippen LogP contribution in [0.25, 0.3) is 106 Å². The van der Waals surface area contributed by atoms with E-state index in [1.54, 1.807) is 0 Å². The van der Waals surface area contributed by atoms with Gasteiger partial charge in [0.25, 0.3) is 0 Å². The van der Waals surface area contributed by atoms with Gasteiger partial charge in [0.1, 0.15) is 0 Å². The lowest BCUT2D eigenvalue weighted by Gasteiger charge is -2.19. The zero-order chi connectivity index (χ0) is 32.8. The maximum atomic E-state index is 2.42. The van der Waals surface area contributed by atoms with Crippen molar-refractivity contribution in [1.82, 2.24) is 0 Å². The summed E-state index contributed by atoms with van der Waals surface area (Å²) in [7, 11) is 0. The molecule has 0 fully saturated rings. The highest BCUT2D eigenvalue weighted by Crippen LogP contribution is 2.46. The molecule has 11 rings (SSSR count). The van der Waals surface area contributed by atoms with Crippen molar-refractivity contribution in [2.24, 2.45) is 0 Å². The van der Waals surface area contributed by atoms with Crippen molar-refractivity contribution < 1.29 is 0 Å². The molecule has 0 N–H and O–H groups in total. The lowest BCUT2D eigenvalue weighted by Crippen LogP contribution is -1.92. The Morgan fingerprint density at radius 1 is 0.260 bits per heavy atom. The number of thiophene rings is 2. The van der Waals surface area contributed by atoms with Crippen LogP contribution in [0.15, 0.2) is 170 Å². The molecule has 0 aliphatic heterocycles. The highest BCUT2D eigenvalue weighted by Gasteiger charge is 2.18. The first-order chi connectivity index (χ1) is 24.8. The van der Waals surface area contributed by atoms with Crippen LogP contribution in [0.2, 0.25) is 0 Å². The largest absolute Gasteiger partial charge is 0.135 e. The van der Waals surface area contributed by atoms with Gasteiger partial charge in [-0.25, -0.2) is 0 Å². The third-order valence-corrected chi connectivity index (χ3v) is 12.7. The zero-order valence-corrected chi connectivity index (χ0v) is 28.6. The number of hydrogen-bond acceptors (Lipinski definition) is 2. The standard InChI is InChI=1S/C48H28S2/c1-2-15-33-29(11-1)12-10-21-35(33)48-38-19-5-3-17-36(38)47(37-18-4-6-20-39(37)48)32-14-9-13-30(25-32)31-23-24-44-40(26-31)42-28-45-41(27-46(42)50-44)34-16-7-8-22-43(34)49-45/h1-28H. The molecule has 232 valence electrons. The van der Waals surface area contributed by atoms with Gasteiger partial charge >= 0.3 is 0 Å². The fourth-order valence-electron chi connectivity index (χ4n) is 8.20. The monoisotopic (exact) mass is 668 g/mol. The van der Waals surface area contributed by atoms with Crippen LogP contribution < -0.4 is 0 Å². The Balaban J connectivity index is 1.11. The lowest BCUT2D eigenvalue weighted by atomic mass is 9.84. The van der Waals surface area contributed by atoms with Crippen molar-refractivity contribution in [3.05, 3.63) is 170 Å². The molecule has 0 saturated heterocycles. The number of fused-ring (bicyclic) bond motifs is 9. The zero-order valence-electron chi connectivity index (χ0n) is 27.0. The fraction of sp³-hybridized carbons (Fsp3) is 0. The molecule has 11 aromatic rings. The molecule has 0 amide bonds. The summed E-state index contributed by atoms with van der Waals surface area (Å²) in [5.74, 6) is 0. The predicted octanol–water partition coefficient (Wildman–Crippen LogP) is 14.9. The average Bonchev–Trinajstić information content (AvgIpc) is 3.72. The molecule has 0 aliphatic carbocycles. The summed E-state index contributed by atoms with van der Waals surface area (Å²) in [4.78, 5) is 0. The van der Waals surface area contributed by atoms with Crippen molar-refractivity contribution in [2.75, 3.05) is 0 Å². The molecule has 2 aromatic heterocycles. The first kappa shape index (κ1) is 28.1. The Morgan fingerprint density at radius 3 is 1.50 bits per heavy atom. The van der Waals surface area contributed by atoms with E-state index >= 15 is 0 Å². The maximum absolute atomic E-state index is 2.42. The minimum atomic E-state index is 1.23. The van der Waals surface area contributed by atoms with E-state index in [-0.39, 0.29) is 0 Å². The first-order valence-electron chi connectivity index (χ1n) is 17.1. The highest BCUT2D eigenvalue weighted by molar-refractivity contribution is 7.27. The summed E-state index contributed by atoms with van der Waals surface area (Å²) in [6.45, 7) is 0. The Bertz CT molecular complexity index is 3090. The summed E-state index contributed by atoms with van der Waals surface area (Å²) in [5, 5.41) is 13.1. The van der Waals surface area contributed by atoms with Crippen LogP contribution in [0.4, 0.5) is 0 Å². The molecule has 0 saturated carbocycles. The Labute approximate surface area is 297 Å². The van der Waals surface area contributed by atoms with Crippen LogP contribution in [-0.4, -0.2) is 0 Å². The molecular formula is C48H28S2. The molecule has 0 spiro atoms. The van der Waals surface area contributed by atoms with Gasteiger partial charge in [-0.05, 0) is 102 Å². The van der Waals surface area contributed by atoms with Crippen molar-refractivity contribution in [3.8, 4) is 33.4 Å². The van der Waals surface area contributed by atoms with Crippen molar-refractivity contribution in [1.29, 1.82) is 0 Å². The smallest absolute Gasteiger partial charge is 0.0362 e. The van der Waals surface area contributed by atoms with Gasteiger partial charge in [0, 0.05) is 40.3 Å². The molecule has 0 atom stereocenters. The summed E-state index contributed by atoms with van der Waals surface area (Å²) < 4.78 is 5.40. The van der Waals surface area contributed by atoms with E-state index in [9.17, 15) is 0 Å². The first-order valence-corrected chi connectivity index (χ1v) is 18.7. The summed E-state index contributed by atoms with van der Waals surface area (Å²) in [5.41, 5.74) is 7.59. The van der Waals surface area contributed by atoms with Gasteiger partial charge in [0.15, 0.2) is 0 Å². The molecule has 50 heavy (non-hydrogen) atoms. The van der Waals surface area contributed by atoms with Crippen LogP contribution in [-0.2, 0) is 0 Å². The normalized spacial score (nSPS) is 12.0. The SMILES string of the molecule is c1cc(-c2ccc3sc4cc5c(cc4c3c2)sc2ccccc25)cc(-c2c3ccccc3c(-c3cccc4ccccc34)c3ccccc23)c1. The Hall–Kier alpha value is -5.80. The number of benzene rings is 9. The van der Waals surface area contributed by atoms with Gasteiger partial charge < -0.3 is 0 Å². The van der Waals surface area contributed by atoms with Crippen LogP contribution >= 0.6 is 22.7 Å². The van der Waals surface area contributed by atoms with Gasteiger partial charge in [0.05, 0.1) is 0 Å². The van der Waals surface area contributed by atoms with Crippen molar-refractivity contribution in [3.63, 3.8) is 0 Å².